The van der Waals surface area contributed by atoms with Crippen molar-refractivity contribution in [3.8, 4) is 27.5 Å². The number of pyridine rings is 3. The van der Waals surface area contributed by atoms with Gasteiger partial charge in [-0.05, 0) is 86.8 Å². The van der Waals surface area contributed by atoms with Crippen molar-refractivity contribution in [1.82, 2.24) is 19.5 Å². The monoisotopic (exact) mass is 612 g/mol. The molecule has 0 radical (unpaired) electrons. The summed E-state index contributed by atoms with van der Waals surface area (Å²) in [5, 5.41) is 20.8. The maximum atomic E-state index is 13.1. The summed E-state index contributed by atoms with van der Waals surface area (Å²) < 4.78 is 2.39. The van der Waals surface area contributed by atoms with Crippen molar-refractivity contribution in [2.24, 2.45) is 0 Å². The van der Waals surface area contributed by atoms with Crippen LogP contribution in [-0.2, 0) is 11.2 Å². The minimum absolute atomic E-state index is 0.104. The molecule has 6 rings (SSSR count). The number of aryl methyl sites for hydroxylation is 1. The summed E-state index contributed by atoms with van der Waals surface area (Å²) in [7, 11) is 0. The Bertz CT molecular complexity index is 2020. The zero-order chi connectivity index (χ0) is 30.9. The first kappa shape index (κ1) is 30.0. The Balaban J connectivity index is 0.000000682. The molecule has 0 amide bonds. The van der Waals surface area contributed by atoms with Gasteiger partial charge in [0.05, 0.1) is 27.6 Å². The smallest absolute Gasteiger partial charge is 0.307 e. The van der Waals surface area contributed by atoms with Gasteiger partial charge in [0.1, 0.15) is 10.8 Å². The zero-order valence-electron chi connectivity index (χ0n) is 24.0. The summed E-state index contributed by atoms with van der Waals surface area (Å²) in [4.78, 5) is 38.3. The minimum atomic E-state index is -0.900. The number of benzene rings is 2. The van der Waals surface area contributed by atoms with Gasteiger partial charge in [0.2, 0.25) is 0 Å². The van der Waals surface area contributed by atoms with Gasteiger partial charge >= 0.3 is 5.97 Å². The van der Waals surface area contributed by atoms with Crippen LogP contribution in [0.25, 0.3) is 48.5 Å². The molecule has 10 heteroatoms. The van der Waals surface area contributed by atoms with Crippen LogP contribution in [0.15, 0.2) is 84.2 Å². The van der Waals surface area contributed by atoms with E-state index in [1.54, 1.807) is 63.8 Å². The lowest BCUT2D eigenvalue weighted by Gasteiger charge is -2.13. The van der Waals surface area contributed by atoms with E-state index in [2.05, 4.69) is 9.97 Å². The van der Waals surface area contributed by atoms with Crippen LogP contribution in [0.5, 0.6) is 0 Å². The van der Waals surface area contributed by atoms with Crippen molar-refractivity contribution in [2.75, 3.05) is 0 Å². The summed E-state index contributed by atoms with van der Waals surface area (Å²) in [6.45, 7) is 7.13. The largest absolute Gasteiger partial charge is 0.481 e. The standard InChI is InChI=1S/C29H19ClN4O3S.C4H10O/c1-16-12-23-27(26(22(16)14-25(35)36)17-2-4-20(30)5-3-17)38-28(33-23)18-6-10-32-24(13-18)34-11-8-19-15-31-9-7-21(19)29(34)37;1-4(2,3)5/h2-13,15H,14H2,1H3,(H,35,36);5H,1-3H3. The number of fused-ring (bicyclic) bond motifs is 2. The molecule has 4 aromatic heterocycles. The van der Waals surface area contributed by atoms with Crippen molar-refractivity contribution in [1.29, 1.82) is 0 Å². The van der Waals surface area contributed by atoms with E-state index in [1.165, 1.54) is 15.9 Å². The molecule has 8 nitrogen and oxygen atoms in total. The summed E-state index contributed by atoms with van der Waals surface area (Å²) >= 11 is 7.60. The van der Waals surface area contributed by atoms with E-state index in [1.807, 2.05) is 43.3 Å². The maximum Gasteiger partial charge on any atom is 0.307 e. The fourth-order valence-electron chi connectivity index (χ4n) is 4.61. The van der Waals surface area contributed by atoms with Gasteiger partial charge in [0, 0.05) is 46.3 Å². The molecule has 0 atom stereocenters. The maximum absolute atomic E-state index is 13.1. The number of aliphatic hydroxyl groups is 1. The molecule has 0 aliphatic heterocycles. The van der Waals surface area contributed by atoms with Crippen LogP contribution < -0.4 is 5.56 Å². The molecule has 0 aliphatic carbocycles. The number of hydrogen-bond donors (Lipinski definition) is 2. The number of aliphatic carboxylic acids is 1. The second-order valence-corrected chi connectivity index (χ2v) is 12.5. The molecule has 0 saturated heterocycles. The van der Waals surface area contributed by atoms with Gasteiger partial charge in [-0.15, -0.1) is 11.3 Å². The fourth-order valence-corrected chi connectivity index (χ4v) is 5.87. The molecule has 43 heavy (non-hydrogen) atoms. The quantitative estimate of drug-likeness (QED) is 0.213. The van der Waals surface area contributed by atoms with Gasteiger partial charge in [-0.25, -0.2) is 9.97 Å². The fraction of sp³-hybridized carbons (Fsp3) is 0.182. The van der Waals surface area contributed by atoms with Crippen molar-refractivity contribution >= 4 is 49.9 Å². The highest BCUT2D eigenvalue weighted by molar-refractivity contribution is 7.22. The predicted octanol–water partition coefficient (Wildman–Crippen LogP) is 7.09. The Hall–Kier alpha value is -4.44. The molecule has 0 aliphatic rings. The number of thiazole rings is 1. The minimum Gasteiger partial charge on any atom is -0.481 e. The second-order valence-electron chi connectivity index (χ2n) is 11.0. The van der Waals surface area contributed by atoms with Gasteiger partial charge in [-0.2, -0.15) is 0 Å². The highest BCUT2D eigenvalue weighted by Gasteiger charge is 2.20. The van der Waals surface area contributed by atoms with E-state index < -0.39 is 11.6 Å². The Morgan fingerprint density at radius 1 is 1.02 bits per heavy atom. The lowest BCUT2D eigenvalue weighted by atomic mass is 9.93. The van der Waals surface area contributed by atoms with E-state index in [4.69, 9.17) is 21.7 Å². The first-order valence-electron chi connectivity index (χ1n) is 13.4. The molecule has 6 aromatic rings. The van der Waals surface area contributed by atoms with Crippen LogP contribution in [-0.4, -0.2) is 41.3 Å². The zero-order valence-corrected chi connectivity index (χ0v) is 25.6. The number of carboxylic acids is 1. The van der Waals surface area contributed by atoms with Crippen LogP contribution in [0.4, 0.5) is 0 Å². The molecule has 2 aromatic carbocycles. The van der Waals surface area contributed by atoms with Gasteiger partial charge < -0.3 is 10.2 Å². The Kier molecular flexibility index (Phi) is 8.41. The molecule has 0 fully saturated rings. The number of hydrogen-bond acceptors (Lipinski definition) is 7. The van der Waals surface area contributed by atoms with Crippen molar-refractivity contribution in [2.45, 2.75) is 39.7 Å². The number of aromatic nitrogens is 4. The van der Waals surface area contributed by atoms with E-state index in [0.717, 1.165) is 48.4 Å². The number of carbonyl (C=O) groups is 1. The third-order valence-electron chi connectivity index (χ3n) is 6.42. The summed E-state index contributed by atoms with van der Waals surface area (Å²) in [5.41, 5.74) is 4.22. The highest BCUT2D eigenvalue weighted by atomic mass is 35.5. The van der Waals surface area contributed by atoms with E-state index >= 15 is 0 Å². The average Bonchev–Trinajstić information content (AvgIpc) is 3.37. The van der Waals surface area contributed by atoms with Gasteiger partial charge in [-0.3, -0.25) is 19.1 Å². The second kappa shape index (κ2) is 12.0. The lowest BCUT2D eigenvalue weighted by molar-refractivity contribution is -0.136. The lowest BCUT2D eigenvalue weighted by Crippen LogP contribution is -2.18. The molecule has 0 unspecified atom stereocenters. The molecule has 4 heterocycles. The van der Waals surface area contributed by atoms with Crippen LogP contribution >= 0.6 is 22.9 Å². The summed E-state index contributed by atoms with van der Waals surface area (Å²) in [5.74, 6) is -0.422. The Labute approximate surface area is 256 Å². The number of halogens is 1. The Morgan fingerprint density at radius 2 is 1.74 bits per heavy atom. The first-order valence-corrected chi connectivity index (χ1v) is 14.6. The van der Waals surface area contributed by atoms with Gasteiger partial charge in [0.15, 0.2) is 0 Å². The van der Waals surface area contributed by atoms with E-state index in [9.17, 15) is 14.7 Å². The molecule has 0 saturated carbocycles. The molecular formula is C33H29ClN4O4S. The van der Waals surface area contributed by atoms with Gasteiger partial charge in [0.25, 0.3) is 5.56 Å². The number of rotatable bonds is 5. The van der Waals surface area contributed by atoms with Crippen molar-refractivity contribution in [3.05, 3.63) is 106 Å². The summed E-state index contributed by atoms with van der Waals surface area (Å²) in [6, 6.07) is 16.5. The van der Waals surface area contributed by atoms with Crippen molar-refractivity contribution in [3.63, 3.8) is 0 Å². The normalized spacial score (nSPS) is 11.4. The Morgan fingerprint density at radius 3 is 2.44 bits per heavy atom. The number of nitrogens with zero attached hydrogens (tertiary/aromatic N) is 4. The predicted molar refractivity (Wildman–Crippen MR) is 172 cm³/mol. The van der Waals surface area contributed by atoms with Crippen LogP contribution in [0, 0.1) is 6.92 Å². The average molecular weight is 613 g/mol. The van der Waals surface area contributed by atoms with Crippen LogP contribution in [0.3, 0.4) is 0 Å². The van der Waals surface area contributed by atoms with E-state index in [-0.39, 0.29) is 12.0 Å². The molecular weight excluding hydrogens is 584 g/mol. The topological polar surface area (TPSA) is 118 Å². The molecule has 0 spiro atoms. The number of carboxylic acid groups (broad SMARTS) is 1. The SMILES string of the molecule is CC(C)(C)O.Cc1cc2nc(-c3ccnc(-n4ccc5cnccc5c4=O)c3)sc2c(-c2ccc(Cl)cc2)c1CC(=O)O. The highest BCUT2D eigenvalue weighted by Crippen LogP contribution is 2.41. The van der Waals surface area contributed by atoms with Crippen LogP contribution in [0.1, 0.15) is 31.9 Å². The van der Waals surface area contributed by atoms with Crippen LogP contribution in [0.2, 0.25) is 5.02 Å². The summed E-state index contributed by atoms with van der Waals surface area (Å²) in [6.07, 6.45) is 6.49. The van der Waals surface area contributed by atoms with Gasteiger partial charge in [-0.1, -0.05) is 23.7 Å². The van der Waals surface area contributed by atoms with Crippen molar-refractivity contribution < 1.29 is 15.0 Å². The van der Waals surface area contributed by atoms with E-state index in [0.29, 0.717) is 16.2 Å². The first-order chi connectivity index (χ1) is 20.4. The molecule has 0 bridgehead atoms. The molecule has 2 N–H and O–H groups in total. The third-order valence-corrected chi connectivity index (χ3v) is 7.81. The molecule has 218 valence electrons. The third kappa shape index (κ3) is 6.80.